The van der Waals surface area contributed by atoms with Crippen molar-refractivity contribution < 1.29 is 4.74 Å². The van der Waals surface area contributed by atoms with Gasteiger partial charge < -0.3 is 14.5 Å². The van der Waals surface area contributed by atoms with Crippen molar-refractivity contribution in [2.45, 2.75) is 43.0 Å². The fraction of sp³-hybridized carbons (Fsp3) is 0.789. The first-order chi connectivity index (χ1) is 12.1. The number of likely N-dealkylation sites (N-methyl/N-ethyl adjacent to an activating group) is 1. The number of fused-ring (bicyclic) bond motifs is 1. The Morgan fingerprint density at radius 2 is 2.00 bits per heavy atom. The standard InChI is InChI=1S/C19H30N4OS/c1-22(2)16-8-14-10-23(18-6-7-20-19(21-18)25-3)11-15(14)9-17(16)24-12-13-4-5-13/h6-7,13-17H,4-5,8-12H2,1-3H3/t14-,15+,16-,17-/m1/s1. The fourth-order valence-electron chi connectivity index (χ4n) is 4.45. The first kappa shape index (κ1) is 17.6. The molecule has 0 aromatic carbocycles. The molecule has 3 fully saturated rings. The summed E-state index contributed by atoms with van der Waals surface area (Å²) in [4.78, 5) is 13.9. The second kappa shape index (κ2) is 7.41. The number of thioether (sulfide) groups is 1. The minimum absolute atomic E-state index is 0.393. The van der Waals surface area contributed by atoms with Gasteiger partial charge in [-0.05, 0) is 69.9 Å². The Morgan fingerprint density at radius 1 is 1.24 bits per heavy atom. The lowest BCUT2D eigenvalue weighted by Crippen LogP contribution is -2.48. The van der Waals surface area contributed by atoms with Crippen LogP contribution in [0.2, 0.25) is 0 Å². The van der Waals surface area contributed by atoms with E-state index in [1.54, 1.807) is 11.8 Å². The highest BCUT2D eigenvalue weighted by Crippen LogP contribution is 2.41. The molecule has 1 aromatic rings. The summed E-state index contributed by atoms with van der Waals surface area (Å²) in [5, 5.41) is 0.865. The molecular formula is C19H30N4OS. The van der Waals surface area contributed by atoms with Crippen LogP contribution in [0.1, 0.15) is 25.7 Å². The maximum Gasteiger partial charge on any atom is 0.189 e. The number of aromatic nitrogens is 2. The monoisotopic (exact) mass is 362 g/mol. The molecule has 0 N–H and O–H groups in total. The summed E-state index contributed by atoms with van der Waals surface area (Å²) in [7, 11) is 4.42. The smallest absolute Gasteiger partial charge is 0.189 e. The van der Waals surface area contributed by atoms with Crippen LogP contribution in [0.15, 0.2) is 17.4 Å². The molecule has 2 aliphatic carbocycles. The molecule has 3 aliphatic rings. The van der Waals surface area contributed by atoms with Gasteiger partial charge >= 0.3 is 0 Å². The Bertz CT molecular complexity index is 595. The van der Waals surface area contributed by atoms with Crippen molar-refractivity contribution in [2.75, 3.05) is 44.9 Å². The molecule has 6 heteroatoms. The Labute approximate surface area is 155 Å². The molecule has 1 aromatic heterocycles. The lowest BCUT2D eigenvalue weighted by atomic mass is 9.77. The Kier molecular flexibility index (Phi) is 5.20. The fourth-order valence-corrected chi connectivity index (χ4v) is 4.80. The molecule has 2 saturated carbocycles. The summed E-state index contributed by atoms with van der Waals surface area (Å²) >= 11 is 1.61. The third-order valence-corrected chi connectivity index (χ3v) is 6.68. The van der Waals surface area contributed by atoms with Crippen LogP contribution < -0.4 is 4.90 Å². The molecule has 1 aliphatic heterocycles. The minimum atomic E-state index is 0.393. The Morgan fingerprint density at radius 3 is 2.68 bits per heavy atom. The third-order valence-electron chi connectivity index (χ3n) is 6.12. The first-order valence-electron chi connectivity index (χ1n) is 9.54. The van der Waals surface area contributed by atoms with Crippen LogP contribution in [0.3, 0.4) is 0 Å². The van der Waals surface area contributed by atoms with Crippen molar-refractivity contribution >= 4 is 17.6 Å². The molecule has 25 heavy (non-hydrogen) atoms. The van der Waals surface area contributed by atoms with Crippen molar-refractivity contribution in [1.29, 1.82) is 0 Å². The number of rotatable bonds is 6. The number of nitrogens with zero attached hydrogens (tertiary/aromatic N) is 4. The van der Waals surface area contributed by atoms with E-state index in [0.717, 1.165) is 48.4 Å². The summed E-state index contributed by atoms with van der Waals surface area (Å²) in [6, 6.07) is 2.61. The van der Waals surface area contributed by atoms with E-state index in [2.05, 4.69) is 34.9 Å². The van der Waals surface area contributed by atoms with Crippen molar-refractivity contribution in [3.63, 3.8) is 0 Å². The average molecular weight is 363 g/mol. The second-order valence-corrected chi connectivity index (χ2v) is 8.92. The van der Waals surface area contributed by atoms with Gasteiger partial charge in [0.1, 0.15) is 5.82 Å². The maximum absolute atomic E-state index is 6.38. The van der Waals surface area contributed by atoms with E-state index in [-0.39, 0.29) is 0 Å². The van der Waals surface area contributed by atoms with Crippen molar-refractivity contribution in [3.05, 3.63) is 12.3 Å². The molecule has 0 radical (unpaired) electrons. The van der Waals surface area contributed by atoms with Gasteiger partial charge in [0.2, 0.25) is 0 Å². The quantitative estimate of drug-likeness (QED) is 0.573. The summed E-state index contributed by atoms with van der Waals surface area (Å²) in [5.74, 6) is 3.41. The lowest BCUT2D eigenvalue weighted by Gasteiger charge is -2.41. The van der Waals surface area contributed by atoms with Gasteiger partial charge in [-0.1, -0.05) is 11.8 Å². The van der Waals surface area contributed by atoms with Crippen molar-refractivity contribution in [3.8, 4) is 0 Å². The zero-order chi connectivity index (χ0) is 17.4. The number of ether oxygens (including phenoxy) is 1. The zero-order valence-electron chi connectivity index (χ0n) is 15.6. The third kappa shape index (κ3) is 3.96. The molecule has 5 nitrogen and oxygen atoms in total. The maximum atomic E-state index is 6.38. The molecule has 0 spiro atoms. The number of anilines is 1. The van der Waals surface area contributed by atoms with Gasteiger partial charge in [0.05, 0.1) is 6.10 Å². The van der Waals surface area contributed by atoms with Crippen LogP contribution in [-0.2, 0) is 4.74 Å². The van der Waals surface area contributed by atoms with E-state index in [1.165, 1.54) is 25.7 Å². The highest BCUT2D eigenvalue weighted by molar-refractivity contribution is 7.98. The van der Waals surface area contributed by atoms with Gasteiger partial charge in [0.25, 0.3) is 0 Å². The number of hydrogen-bond donors (Lipinski definition) is 0. The van der Waals surface area contributed by atoms with Gasteiger partial charge in [-0.3, -0.25) is 0 Å². The minimum Gasteiger partial charge on any atom is -0.376 e. The average Bonchev–Trinajstić information content (AvgIpc) is 3.36. The van der Waals surface area contributed by atoms with E-state index >= 15 is 0 Å². The number of hydrogen-bond acceptors (Lipinski definition) is 6. The van der Waals surface area contributed by atoms with E-state index < -0.39 is 0 Å². The highest BCUT2D eigenvalue weighted by Gasteiger charge is 2.44. The van der Waals surface area contributed by atoms with Crippen LogP contribution in [-0.4, -0.2) is 67.1 Å². The molecule has 2 heterocycles. The van der Waals surface area contributed by atoms with E-state index in [1.807, 2.05) is 12.5 Å². The molecule has 138 valence electrons. The molecule has 0 unspecified atom stereocenters. The Balaban J connectivity index is 1.44. The molecule has 1 saturated heterocycles. The van der Waals surface area contributed by atoms with Gasteiger partial charge in [0.15, 0.2) is 5.16 Å². The lowest BCUT2D eigenvalue weighted by molar-refractivity contribution is -0.0493. The van der Waals surface area contributed by atoms with Crippen LogP contribution in [0, 0.1) is 17.8 Å². The Hall–Kier alpha value is -0.850. The zero-order valence-corrected chi connectivity index (χ0v) is 16.4. The van der Waals surface area contributed by atoms with Gasteiger partial charge in [-0.15, -0.1) is 0 Å². The topological polar surface area (TPSA) is 41.5 Å². The molecular weight excluding hydrogens is 332 g/mol. The predicted octanol–water partition coefficient (Wildman–Crippen LogP) is 2.77. The van der Waals surface area contributed by atoms with Gasteiger partial charge in [-0.2, -0.15) is 0 Å². The van der Waals surface area contributed by atoms with Crippen LogP contribution >= 0.6 is 11.8 Å². The van der Waals surface area contributed by atoms with Crippen LogP contribution in [0.5, 0.6) is 0 Å². The summed E-state index contributed by atoms with van der Waals surface area (Å²) in [6.07, 6.45) is 9.48. The van der Waals surface area contributed by atoms with Crippen LogP contribution in [0.4, 0.5) is 5.82 Å². The summed E-state index contributed by atoms with van der Waals surface area (Å²) in [5.41, 5.74) is 0. The molecule has 4 atom stereocenters. The summed E-state index contributed by atoms with van der Waals surface area (Å²) < 4.78 is 6.38. The van der Waals surface area contributed by atoms with Gasteiger partial charge in [0, 0.05) is 31.9 Å². The highest BCUT2D eigenvalue weighted by atomic mass is 32.2. The predicted molar refractivity (Wildman–Crippen MR) is 102 cm³/mol. The van der Waals surface area contributed by atoms with Crippen LogP contribution in [0.25, 0.3) is 0 Å². The molecule has 4 rings (SSSR count). The van der Waals surface area contributed by atoms with Gasteiger partial charge in [-0.25, -0.2) is 9.97 Å². The molecule has 0 bridgehead atoms. The largest absolute Gasteiger partial charge is 0.376 e. The first-order valence-corrected chi connectivity index (χ1v) is 10.8. The van der Waals surface area contributed by atoms with Crippen molar-refractivity contribution in [1.82, 2.24) is 14.9 Å². The van der Waals surface area contributed by atoms with E-state index in [0.29, 0.717) is 12.1 Å². The SMILES string of the molecule is CSc1nccc(N2C[C@H]3C[C@@H](N(C)C)[C@H](OCC4CC4)C[C@H]3C2)n1. The van der Waals surface area contributed by atoms with E-state index in [9.17, 15) is 0 Å². The second-order valence-electron chi connectivity index (χ2n) is 8.14. The van der Waals surface area contributed by atoms with E-state index in [4.69, 9.17) is 9.72 Å². The van der Waals surface area contributed by atoms with Crippen molar-refractivity contribution in [2.24, 2.45) is 17.8 Å². The normalized spacial score (nSPS) is 32.2. The summed E-state index contributed by atoms with van der Waals surface area (Å²) in [6.45, 7) is 3.20. The molecule has 0 amide bonds.